The molecule has 2 atom stereocenters. The van der Waals surface area contributed by atoms with E-state index in [1.807, 2.05) is 6.92 Å². The molecular formula is C8H14O3S. The fourth-order valence-electron chi connectivity index (χ4n) is 1.30. The van der Waals surface area contributed by atoms with Gasteiger partial charge in [-0.15, -0.1) is 11.8 Å². The van der Waals surface area contributed by atoms with E-state index in [1.165, 1.54) is 11.8 Å². The first-order valence-electron chi connectivity index (χ1n) is 4.15. The van der Waals surface area contributed by atoms with Crippen LogP contribution in [0.2, 0.25) is 0 Å². The normalized spacial score (nSPS) is 33.3. The van der Waals surface area contributed by atoms with Crippen LogP contribution in [0.1, 0.15) is 19.8 Å². The molecule has 0 radical (unpaired) electrons. The Morgan fingerprint density at radius 3 is 2.75 bits per heavy atom. The summed E-state index contributed by atoms with van der Waals surface area (Å²) in [5.74, 6) is 0.0783. The van der Waals surface area contributed by atoms with Crippen LogP contribution >= 0.6 is 11.8 Å². The molecule has 0 saturated heterocycles. The number of hydrogen-bond donors (Lipinski definition) is 2. The standard InChI is InChI=1S/C8H14O3S/c1-2-3-12-8(7(10)11)4-6(8)5-9/h6,9H,2-5H2,1H3,(H,10,11). The smallest absolute Gasteiger partial charge is 0.320 e. The molecule has 1 rings (SSSR count). The Kier molecular flexibility index (Phi) is 3.01. The van der Waals surface area contributed by atoms with E-state index in [1.54, 1.807) is 0 Å². The van der Waals surface area contributed by atoms with E-state index in [9.17, 15) is 4.79 Å². The number of aliphatic carboxylic acids is 1. The number of carboxylic acids is 1. The van der Waals surface area contributed by atoms with Crippen LogP contribution in [0.25, 0.3) is 0 Å². The highest BCUT2D eigenvalue weighted by molar-refractivity contribution is 8.01. The molecule has 12 heavy (non-hydrogen) atoms. The third kappa shape index (κ3) is 1.59. The zero-order valence-corrected chi connectivity index (χ0v) is 7.93. The molecule has 0 amide bonds. The fourth-order valence-corrected chi connectivity index (χ4v) is 2.62. The molecule has 2 unspecified atom stereocenters. The predicted molar refractivity (Wildman–Crippen MR) is 48.3 cm³/mol. The van der Waals surface area contributed by atoms with Crippen molar-refractivity contribution in [3.05, 3.63) is 0 Å². The maximum absolute atomic E-state index is 10.8. The van der Waals surface area contributed by atoms with Gasteiger partial charge in [-0.1, -0.05) is 6.92 Å². The van der Waals surface area contributed by atoms with Gasteiger partial charge in [0.2, 0.25) is 0 Å². The number of carboxylic acid groups (broad SMARTS) is 1. The topological polar surface area (TPSA) is 57.5 Å². The first-order valence-corrected chi connectivity index (χ1v) is 5.14. The zero-order valence-electron chi connectivity index (χ0n) is 7.12. The van der Waals surface area contributed by atoms with Crippen molar-refractivity contribution in [3.63, 3.8) is 0 Å². The third-order valence-electron chi connectivity index (χ3n) is 2.20. The van der Waals surface area contributed by atoms with E-state index in [0.29, 0.717) is 6.42 Å². The van der Waals surface area contributed by atoms with Crippen LogP contribution in [0.3, 0.4) is 0 Å². The Labute approximate surface area is 76.2 Å². The van der Waals surface area contributed by atoms with Gasteiger partial charge in [0, 0.05) is 12.5 Å². The molecule has 0 aliphatic heterocycles. The molecule has 0 bridgehead atoms. The fraction of sp³-hybridized carbons (Fsp3) is 0.875. The van der Waals surface area contributed by atoms with Crippen molar-refractivity contribution >= 4 is 17.7 Å². The van der Waals surface area contributed by atoms with Crippen LogP contribution in [0.15, 0.2) is 0 Å². The van der Waals surface area contributed by atoms with Crippen LogP contribution in [-0.4, -0.2) is 33.3 Å². The minimum atomic E-state index is -0.764. The average molecular weight is 190 g/mol. The van der Waals surface area contributed by atoms with Crippen molar-refractivity contribution in [1.29, 1.82) is 0 Å². The van der Waals surface area contributed by atoms with E-state index in [2.05, 4.69) is 0 Å². The first kappa shape index (κ1) is 9.86. The van der Waals surface area contributed by atoms with Gasteiger partial charge in [-0.3, -0.25) is 4.79 Å². The number of hydrogen-bond acceptors (Lipinski definition) is 3. The Balaban J connectivity index is 2.47. The molecule has 1 saturated carbocycles. The monoisotopic (exact) mass is 190 g/mol. The lowest BCUT2D eigenvalue weighted by Crippen LogP contribution is -2.22. The SMILES string of the molecule is CCCSC1(C(=O)O)CC1CO. The van der Waals surface area contributed by atoms with Gasteiger partial charge in [0.05, 0.1) is 0 Å². The van der Waals surface area contributed by atoms with Crippen LogP contribution in [0.5, 0.6) is 0 Å². The highest BCUT2D eigenvalue weighted by Gasteiger charge is 2.60. The summed E-state index contributed by atoms with van der Waals surface area (Å²) < 4.78 is -0.648. The first-order chi connectivity index (χ1) is 5.67. The van der Waals surface area contributed by atoms with Gasteiger partial charge in [-0.2, -0.15) is 0 Å². The van der Waals surface area contributed by atoms with Crippen molar-refractivity contribution in [3.8, 4) is 0 Å². The second kappa shape index (κ2) is 3.66. The summed E-state index contributed by atoms with van der Waals surface area (Å²) in [6, 6.07) is 0. The van der Waals surface area contributed by atoms with Crippen molar-refractivity contribution in [2.75, 3.05) is 12.4 Å². The van der Waals surface area contributed by atoms with Gasteiger partial charge in [0.15, 0.2) is 0 Å². The molecule has 0 spiro atoms. The molecule has 1 aliphatic carbocycles. The minimum absolute atomic E-state index is 0.00299. The molecule has 0 aromatic heterocycles. The number of carbonyl (C=O) groups is 1. The number of rotatable bonds is 5. The van der Waals surface area contributed by atoms with E-state index in [0.717, 1.165) is 12.2 Å². The summed E-state index contributed by atoms with van der Waals surface area (Å²) in [5.41, 5.74) is 0. The molecule has 3 nitrogen and oxygen atoms in total. The number of thioether (sulfide) groups is 1. The molecule has 0 aromatic rings. The highest BCUT2D eigenvalue weighted by atomic mass is 32.2. The molecule has 70 valence electrons. The summed E-state index contributed by atoms with van der Waals surface area (Å²) in [4.78, 5) is 10.8. The molecule has 4 heteroatoms. The van der Waals surface area contributed by atoms with E-state index >= 15 is 0 Å². The lowest BCUT2D eigenvalue weighted by Gasteiger charge is -2.09. The van der Waals surface area contributed by atoms with Crippen molar-refractivity contribution in [2.24, 2.45) is 5.92 Å². The molecule has 0 aromatic carbocycles. The maximum atomic E-state index is 10.8. The second-order valence-electron chi connectivity index (χ2n) is 3.13. The van der Waals surface area contributed by atoms with Crippen LogP contribution in [0, 0.1) is 5.92 Å². The highest BCUT2D eigenvalue weighted by Crippen LogP contribution is 2.54. The Bertz CT molecular complexity index is 183. The second-order valence-corrected chi connectivity index (χ2v) is 4.55. The van der Waals surface area contributed by atoms with E-state index in [-0.39, 0.29) is 12.5 Å². The lowest BCUT2D eigenvalue weighted by atomic mass is 10.3. The molecular weight excluding hydrogens is 176 g/mol. The molecule has 2 N–H and O–H groups in total. The molecule has 1 fully saturated rings. The minimum Gasteiger partial charge on any atom is -0.480 e. The summed E-state index contributed by atoms with van der Waals surface area (Å²) in [5, 5.41) is 17.7. The largest absolute Gasteiger partial charge is 0.480 e. The Morgan fingerprint density at radius 1 is 1.75 bits per heavy atom. The maximum Gasteiger partial charge on any atom is 0.320 e. The number of aliphatic hydroxyl groups excluding tert-OH is 1. The molecule has 1 aliphatic rings. The van der Waals surface area contributed by atoms with E-state index < -0.39 is 10.7 Å². The van der Waals surface area contributed by atoms with Crippen LogP contribution < -0.4 is 0 Å². The van der Waals surface area contributed by atoms with Crippen molar-refractivity contribution < 1.29 is 15.0 Å². The number of aliphatic hydroxyl groups is 1. The van der Waals surface area contributed by atoms with Gasteiger partial charge in [0.1, 0.15) is 4.75 Å². The Hall–Kier alpha value is -0.220. The van der Waals surface area contributed by atoms with Gasteiger partial charge in [-0.25, -0.2) is 0 Å². The third-order valence-corrected chi connectivity index (χ3v) is 4.00. The van der Waals surface area contributed by atoms with Crippen molar-refractivity contribution in [2.45, 2.75) is 24.5 Å². The average Bonchev–Trinajstić information content (AvgIpc) is 2.76. The Morgan fingerprint density at radius 2 is 2.42 bits per heavy atom. The van der Waals surface area contributed by atoms with Crippen molar-refractivity contribution in [1.82, 2.24) is 0 Å². The van der Waals surface area contributed by atoms with Gasteiger partial charge < -0.3 is 10.2 Å². The summed E-state index contributed by atoms with van der Waals surface area (Å²) in [6.07, 6.45) is 1.61. The van der Waals surface area contributed by atoms with Gasteiger partial charge >= 0.3 is 5.97 Å². The quantitative estimate of drug-likeness (QED) is 0.678. The van der Waals surface area contributed by atoms with Crippen LogP contribution in [-0.2, 0) is 4.79 Å². The zero-order chi connectivity index (χ0) is 9.19. The summed E-state index contributed by atoms with van der Waals surface area (Å²) in [7, 11) is 0. The molecule has 0 heterocycles. The van der Waals surface area contributed by atoms with E-state index in [4.69, 9.17) is 10.2 Å². The summed E-state index contributed by atoms with van der Waals surface area (Å²) in [6.45, 7) is 2.03. The summed E-state index contributed by atoms with van der Waals surface area (Å²) >= 11 is 1.47. The lowest BCUT2D eigenvalue weighted by molar-refractivity contribution is -0.137. The predicted octanol–water partition coefficient (Wildman–Crippen LogP) is 0.965. The van der Waals surface area contributed by atoms with Crippen LogP contribution in [0.4, 0.5) is 0 Å². The van der Waals surface area contributed by atoms with Gasteiger partial charge in [0.25, 0.3) is 0 Å². The van der Waals surface area contributed by atoms with Gasteiger partial charge in [-0.05, 0) is 18.6 Å².